The molecule has 6 nitrogen and oxygen atoms in total. The number of benzene rings is 1. The SMILES string of the molecule is CN(C(=O)CN1CCN(c2ccccc2Cl)CC1)C1CCS(=O)(=O)C1. The lowest BCUT2D eigenvalue weighted by molar-refractivity contribution is -0.132. The van der Waals surface area contributed by atoms with Gasteiger partial charge in [-0.25, -0.2) is 8.42 Å². The van der Waals surface area contributed by atoms with E-state index in [1.165, 1.54) is 0 Å². The van der Waals surface area contributed by atoms with Crippen LogP contribution in [0.5, 0.6) is 0 Å². The number of hydrogen-bond donors (Lipinski definition) is 0. The average molecular weight is 386 g/mol. The lowest BCUT2D eigenvalue weighted by atomic mass is 10.2. The number of carbonyl (C=O) groups is 1. The molecular formula is C17H24ClN3O3S. The predicted molar refractivity (Wildman–Crippen MR) is 99.9 cm³/mol. The topological polar surface area (TPSA) is 60.9 Å². The van der Waals surface area contributed by atoms with Crippen molar-refractivity contribution in [2.75, 3.05) is 56.2 Å². The molecule has 0 N–H and O–H groups in total. The van der Waals surface area contributed by atoms with Crippen molar-refractivity contribution in [3.8, 4) is 0 Å². The van der Waals surface area contributed by atoms with E-state index in [1.54, 1.807) is 11.9 Å². The second kappa shape index (κ2) is 7.51. The van der Waals surface area contributed by atoms with E-state index in [-0.39, 0.29) is 23.5 Å². The van der Waals surface area contributed by atoms with E-state index in [2.05, 4.69) is 9.80 Å². The summed E-state index contributed by atoms with van der Waals surface area (Å²) < 4.78 is 23.2. The van der Waals surface area contributed by atoms with E-state index >= 15 is 0 Å². The highest BCUT2D eigenvalue weighted by Gasteiger charge is 2.33. The van der Waals surface area contributed by atoms with E-state index in [0.29, 0.717) is 13.0 Å². The first kappa shape index (κ1) is 18.5. The summed E-state index contributed by atoms with van der Waals surface area (Å²) in [5, 5.41) is 0.745. The summed E-state index contributed by atoms with van der Waals surface area (Å²) in [6.07, 6.45) is 0.546. The third kappa shape index (κ3) is 4.46. The van der Waals surface area contributed by atoms with Crippen LogP contribution in [0.4, 0.5) is 5.69 Å². The fraction of sp³-hybridized carbons (Fsp3) is 0.588. The van der Waals surface area contributed by atoms with Crippen LogP contribution in [-0.4, -0.2) is 81.4 Å². The third-order valence-corrected chi connectivity index (χ3v) is 7.14. The smallest absolute Gasteiger partial charge is 0.236 e. The molecule has 1 unspecified atom stereocenters. The summed E-state index contributed by atoms with van der Waals surface area (Å²) in [7, 11) is -1.26. The molecule has 2 aliphatic rings. The molecule has 25 heavy (non-hydrogen) atoms. The third-order valence-electron chi connectivity index (χ3n) is 5.07. The quantitative estimate of drug-likeness (QED) is 0.777. The zero-order valence-electron chi connectivity index (χ0n) is 14.4. The van der Waals surface area contributed by atoms with Crippen molar-refractivity contribution in [2.45, 2.75) is 12.5 Å². The summed E-state index contributed by atoms with van der Waals surface area (Å²) in [6, 6.07) is 7.61. The number of para-hydroxylation sites is 1. The van der Waals surface area contributed by atoms with Crippen molar-refractivity contribution < 1.29 is 13.2 Å². The Morgan fingerprint density at radius 1 is 1.24 bits per heavy atom. The zero-order chi connectivity index (χ0) is 18.0. The number of piperazine rings is 1. The van der Waals surface area contributed by atoms with Gasteiger partial charge in [-0.3, -0.25) is 9.69 Å². The first-order valence-electron chi connectivity index (χ1n) is 8.53. The second-order valence-electron chi connectivity index (χ2n) is 6.78. The Morgan fingerprint density at radius 2 is 1.92 bits per heavy atom. The zero-order valence-corrected chi connectivity index (χ0v) is 16.0. The summed E-state index contributed by atoms with van der Waals surface area (Å²) in [5.41, 5.74) is 1.03. The molecular weight excluding hydrogens is 362 g/mol. The van der Waals surface area contributed by atoms with Crippen molar-refractivity contribution >= 4 is 33.0 Å². The largest absolute Gasteiger partial charge is 0.368 e. The number of rotatable bonds is 4. The van der Waals surface area contributed by atoms with E-state index in [0.717, 1.165) is 36.9 Å². The molecule has 3 rings (SSSR count). The van der Waals surface area contributed by atoms with Gasteiger partial charge >= 0.3 is 0 Å². The van der Waals surface area contributed by atoms with Gasteiger partial charge in [0.05, 0.1) is 28.8 Å². The van der Waals surface area contributed by atoms with Crippen LogP contribution < -0.4 is 4.90 Å². The molecule has 2 saturated heterocycles. The molecule has 0 bridgehead atoms. The summed E-state index contributed by atoms with van der Waals surface area (Å²) >= 11 is 6.25. The van der Waals surface area contributed by atoms with Gasteiger partial charge in [0, 0.05) is 39.3 Å². The van der Waals surface area contributed by atoms with Gasteiger partial charge in [0.15, 0.2) is 9.84 Å². The Morgan fingerprint density at radius 3 is 2.52 bits per heavy atom. The molecule has 1 atom stereocenters. The Hall–Kier alpha value is -1.31. The minimum atomic E-state index is -2.98. The van der Waals surface area contributed by atoms with Gasteiger partial charge in [0.25, 0.3) is 0 Å². The Kier molecular flexibility index (Phi) is 5.55. The second-order valence-corrected chi connectivity index (χ2v) is 9.41. The molecule has 2 heterocycles. The van der Waals surface area contributed by atoms with Crippen molar-refractivity contribution in [2.24, 2.45) is 0 Å². The number of carbonyl (C=O) groups excluding carboxylic acids is 1. The van der Waals surface area contributed by atoms with Gasteiger partial charge < -0.3 is 9.80 Å². The first-order valence-corrected chi connectivity index (χ1v) is 10.7. The molecule has 138 valence electrons. The van der Waals surface area contributed by atoms with Gasteiger partial charge in [-0.15, -0.1) is 0 Å². The van der Waals surface area contributed by atoms with Crippen LogP contribution in [0.1, 0.15) is 6.42 Å². The molecule has 0 radical (unpaired) electrons. The van der Waals surface area contributed by atoms with Crippen molar-refractivity contribution in [3.63, 3.8) is 0 Å². The van der Waals surface area contributed by atoms with Crippen LogP contribution in [0.3, 0.4) is 0 Å². The summed E-state index contributed by atoms with van der Waals surface area (Å²) in [6.45, 7) is 3.54. The van der Waals surface area contributed by atoms with E-state index in [9.17, 15) is 13.2 Å². The predicted octanol–water partition coefficient (Wildman–Crippen LogP) is 1.11. The maximum atomic E-state index is 12.5. The fourth-order valence-corrected chi connectivity index (χ4v) is 5.47. The Balaban J connectivity index is 1.50. The Labute approximate surface area is 154 Å². The maximum absolute atomic E-state index is 12.5. The van der Waals surface area contributed by atoms with Crippen LogP contribution in [0, 0.1) is 0 Å². The maximum Gasteiger partial charge on any atom is 0.236 e. The highest BCUT2D eigenvalue weighted by Crippen LogP contribution is 2.26. The van der Waals surface area contributed by atoms with Gasteiger partial charge in [0.1, 0.15) is 0 Å². The van der Waals surface area contributed by atoms with Crippen molar-refractivity contribution in [1.29, 1.82) is 0 Å². The van der Waals surface area contributed by atoms with Crippen LogP contribution in [0.2, 0.25) is 5.02 Å². The number of likely N-dealkylation sites (N-methyl/N-ethyl adjacent to an activating group) is 1. The molecule has 2 aliphatic heterocycles. The summed E-state index contributed by atoms with van der Waals surface area (Å²) in [4.78, 5) is 18.4. The van der Waals surface area contributed by atoms with Crippen molar-refractivity contribution in [1.82, 2.24) is 9.80 Å². The Bertz CT molecular complexity index is 732. The number of nitrogens with zero attached hydrogens (tertiary/aromatic N) is 3. The highest BCUT2D eigenvalue weighted by atomic mass is 35.5. The minimum Gasteiger partial charge on any atom is -0.368 e. The van der Waals surface area contributed by atoms with Crippen LogP contribution in [-0.2, 0) is 14.6 Å². The molecule has 1 amide bonds. The highest BCUT2D eigenvalue weighted by molar-refractivity contribution is 7.91. The molecule has 0 aromatic heterocycles. The molecule has 2 fully saturated rings. The van der Waals surface area contributed by atoms with Gasteiger partial charge in [-0.2, -0.15) is 0 Å². The van der Waals surface area contributed by atoms with E-state index in [4.69, 9.17) is 11.6 Å². The van der Waals surface area contributed by atoms with Crippen LogP contribution in [0.25, 0.3) is 0 Å². The number of amides is 1. The van der Waals surface area contributed by atoms with Gasteiger partial charge in [0.2, 0.25) is 5.91 Å². The lowest BCUT2D eigenvalue weighted by Gasteiger charge is -2.37. The molecule has 1 aromatic carbocycles. The number of sulfone groups is 1. The molecule has 0 saturated carbocycles. The fourth-order valence-electron chi connectivity index (χ4n) is 3.44. The van der Waals surface area contributed by atoms with Crippen LogP contribution in [0.15, 0.2) is 24.3 Å². The summed E-state index contributed by atoms with van der Waals surface area (Å²) in [5.74, 6) is 0.273. The van der Waals surface area contributed by atoms with Crippen molar-refractivity contribution in [3.05, 3.63) is 29.3 Å². The van der Waals surface area contributed by atoms with E-state index in [1.807, 2.05) is 24.3 Å². The molecule has 8 heteroatoms. The molecule has 0 aliphatic carbocycles. The van der Waals surface area contributed by atoms with Gasteiger partial charge in [-0.1, -0.05) is 23.7 Å². The average Bonchev–Trinajstić information content (AvgIpc) is 2.95. The van der Waals surface area contributed by atoms with Gasteiger partial charge in [-0.05, 0) is 18.6 Å². The first-order chi connectivity index (χ1) is 11.9. The minimum absolute atomic E-state index is 0.00621. The van der Waals surface area contributed by atoms with Crippen LogP contribution >= 0.6 is 11.6 Å². The number of halogens is 1. The van der Waals surface area contributed by atoms with E-state index < -0.39 is 9.84 Å². The molecule has 1 aromatic rings. The lowest BCUT2D eigenvalue weighted by Crippen LogP contribution is -2.51. The number of anilines is 1. The normalized spacial score (nSPS) is 23.6. The molecule has 0 spiro atoms. The number of hydrogen-bond acceptors (Lipinski definition) is 5. The monoisotopic (exact) mass is 385 g/mol. The standard InChI is InChI=1S/C17H24ClN3O3S/c1-19(14-6-11-25(23,24)13-14)17(22)12-20-7-9-21(10-8-20)16-5-3-2-4-15(16)18/h2-5,14H,6-13H2,1H3.